The Labute approximate surface area is 165 Å². The van der Waals surface area contributed by atoms with E-state index >= 15 is 0 Å². The van der Waals surface area contributed by atoms with Gasteiger partial charge in [-0.3, -0.25) is 4.79 Å². The molecule has 0 bridgehead atoms. The maximum atomic E-state index is 13.0. The van der Waals surface area contributed by atoms with E-state index in [4.69, 9.17) is 26.2 Å². The third kappa shape index (κ3) is 6.19. The number of benzene rings is 2. The van der Waals surface area contributed by atoms with Gasteiger partial charge in [0, 0.05) is 5.69 Å². The number of nitrogens with two attached hydrogens (primary N) is 1. The molecule has 2 aromatic carbocycles. The van der Waals surface area contributed by atoms with Crippen molar-refractivity contribution >= 4 is 39.2 Å². The second-order valence-electron chi connectivity index (χ2n) is 5.56. The quantitative estimate of drug-likeness (QED) is 0.648. The second kappa shape index (κ2) is 9.00. The zero-order valence-electron chi connectivity index (χ0n) is 14.5. The van der Waals surface area contributed by atoms with E-state index in [-0.39, 0.29) is 21.4 Å². The SMILES string of the molecule is C[C@H](OC(=O)COc1ccc(F)cc1Cl)C(=O)Nc1cccc(S(N)(=O)=O)c1. The Balaban J connectivity index is 1.90. The molecule has 0 radical (unpaired) electrons. The topological polar surface area (TPSA) is 125 Å². The summed E-state index contributed by atoms with van der Waals surface area (Å²) in [5, 5.41) is 7.42. The molecule has 1 amide bonds. The third-order valence-corrected chi connectivity index (χ3v) is 4.55. The number of carbonyl (C=O) groups is 2. The summed E-state index contributed by atoms with van der Waals surface area (Å²) < 4.78 is 45.7. The summed E-state index contributed by atoms with van der Waals surface area (Å²) in [5.74, 6) is -2.03. The number of carbonyl (C=O) groups excluding carboxylic acids is 2. The summed E-state index contributed by atoms with van der Waals surface area (Å²) in [6.45, 7) is 0.769. The standard InChI is InChI=1S/C17H16ClFN2O6S/c1-10(17(23)21-12-3-2-4-13(8-12)28(20,24)25)27-16(22)9-26-15-6-5-11(19)7-14(15)18/h2-8,10H,9H2,1H3,(H,21,23)(H2,20,24,25)/t10-/m0/s1. The molecule has 0 saturated carbocycles. The van der Waals surface area contributed by atoms with Gasteiger partial charge in [0.2, 0.25) is 10.0 Å². The van der Waals surface area contributed by atoms with Gasteiger partial charge in [-0.1, -0.05) is 17.7 Å². The Hall–Kier alpha value is -2.69. The first-order valence-electron chi connectivity index (χ1n) is 7.77. The first-order valence-corrected chi connectivity index (χ1v) is 9.70. The Morgan fingerprint density at radius 2 is 1.96 bits per heavy atom. The summed E-state index contributed by atoms with van der Waals surface area (Å²) in [7, 11) is -3.93. The molecular weight excluding hydrogens is 415 g/mol. The Morgan fingerprint density at radius 3 is 2.61 bits per heavy atom. The van der Waals surface area contributed by atoms with Gasteiger partial charge in [-0.2, -0.15) is 0 Å². The van der Waals surface area contributed by atoms with Crippen molar-refractivity contribution in [3.63, 3.8) is 0 Å². The monoisotopic (exact) mass is 430 g/mol. The van der Waals surface area contributed by atoms with Crippen molar-refractivity contribution in [1.82, 2.24) is 0 Å². The van der Waals surface area contributed by atoms with Crippen molar-refractivity contribution in [2.75, 3.05) is 11.9 Å². The van der Waals surface area contributed by atoms with E-state index in [1.54, 1.807) is 0 Å². The van der Waals surface area contributed by atoms with Crippen molar-refractivity contribution in [1.29, 1.82) is 0 Å². The summed E-state index contributed by atoms with van der Waals surface area (Å²) >= 11 is 5.77. The average Bonchev–Trinajstić information content (AvgIpc) is 2.60. The minimum absolute atomic E-state index is 0.0201. The summed E-state index contributed by atoms with van der Waals surface area (Å²) in [6.07, 6.45) is -1.20. The lowest BCUT2D eigenvalue weighted by molar-refractivity contribution is -0.155. The Kier molecular flexibility index (Phi) is 6.95. The van der Waals surface area contributed by atoms with E-state index in [0.29, 0.717) is 0 Å². The van der Waals surface area contributed by atoms with Crippen molar-refractivity contribution < 1.29 is 31.9 Å². The van der Waals surface area contributed by atoms with Gasteiger partial charge in [-0.05, 0) is 43.3 Å². The van der Waals surface area contributed by atoms with Crippen LogP contribution in [0.3, 0.4) is 0 Å². The lowest BCUT2D eigenvalue weighted by Crippen LogP contribution is -2.31. The van der Waals surface area contributed by atoms with Gasteiger partial charge in [-0.15, -0.1) is 0 Å². The van der Waals surface area contributed by atoms with Crippen molar-refractivity contribution in [2.45, 2.75) is 17.9 Å². The number of amides is 1. The van der Waals surface area contributed by atoms with Crippen LogP contribution in [0.2, 0.25) is 5.02 Å². The predicted octanol–water partition coefficient (Wildman–Crippen LogP) is 2.08. The van der Waals surface area contributed by atoms with E-state index < -0.39 is 40.4 Å². The first kappa shape index (κ1) is 21.6. The van der Waals surface area contributed by atoms with E-state index in [0.717, 1.165) is 12.1 Å². The largest absolute Gasteiger partial charge is 0.480 e. The molecule has 0 fully saturated rings. The molecule has 0 aliphatic rings. The highest BCUT2D eigenvalue weighted by atomic mass is 35.5. The smallest absolute Gasteiger partial charge is 0.344 e. The minimum Gasteiger partial charge on any atom is -0.480 e. The summed E-state index contributed by atoms with van der Waals surface area (Å²) in [6, 6.07) is 8.66. The molecule has 0 heterocycles. The van der Waals surface area contributed by atoms with E-state index in [1.807, 2.05) is 0 Å². The van der Waals surface area contributed by atoms with Crippen molar-refractivity contribution in [3.8, 4) is 5.75 Å². The van der Waals surface area contributed by atoms with Crippen LogP contribution in [0.15, 0.2) is 47.4 Å². The minimum atomic E-state index is -3.93. The van der Waals surface area contributed by atoms with Crippen LogP contribution >= 0.6 is 11.6 Å². The molecule has 150 valence electrons. The van der Waals surface area contributed by atoms with E-state index in [1.165, 1.54) is 37.3 Å². The normalized spacial score (nSPS) is 12.1. The van der Waals surface area contributed by atoms with Crippen LogP contribution in [-0.4, -0.2) is 33.0 Å². The van der Waals surface area contributed by atoms with Crippen molar-refractivity contribution in [2.24, 2.45) is 5.14 Å². The van der Waals surface area contributed by atoms with Gasteiger partial charge in [0.1, 0.15) is 11.6 Å². The predicted molar refractivity (Wildman–Crippen MR) is 98.9 cm³/mol. The number of rotatable bonds is 7. The Bertz CT molecular complexity index is 999. The summed E-state index contributed by atoms with van der Waals surface area (Å²) in [5.41, 5.74) is 0.161. The molecule has 0 aliphatic heterocycles. The fourth-order valence-corrected chi connectivity index (χ4v) is 2.79. The van der Waals surface area contributed by atoms with Gasteiger partial charge < -0.3 is 14.8 Å². The van der Waals surface area contributed by atoms with Gasteiger partial charge in [0.15, 0.2) is 12.7 Å². The van der Waals surface area contributed by atoms with Gasteiger partial charge in [0.05, 0.1) is 9.92 Å². The lowest BCUT2D eigenvalue weighted by atomic mass is 10.3. The zero-order valence-corrected chi connectivity index (χ0v) is 16.1. The molecule has 11 heteroatoms. The second-order valence-corrected chi connectivity index (χ2v) is 7.53. The lowest BCUT2D eigenvalue weighted by Gasteiger charge is -2.14. The highest BCUT2D eigenvalue weighted by Gasteiger charge is 2.19. The molecule has 0 unspecified atom stereocenters. The summed E-state index contributed by atoms with van der Waals surface area (Å²) in [4.78, 5) is 23.7. The van der Waals surface area contributed by atoms with E-state index in [9.17, 15) is 22.4 Å². The van der Waals surface area contributed by atoms with Crippen molar-refractivity contribution in [3.05, 3.63) is 53.3 Å². The first-order chi connectivity index (χ1) is 13.1. The van der Waals surface area contributed by atoms with Crippen LogP contribution in [-0.2, 0) is 24.3 Å². The molecule has 2 rings (SSSR count). The number of hydrogen-bond donors (Lipinski definition) is 2. The highest BCUT2D eigenvalue weighted by Crippen LogP contribution is 2.24. The number of sulfonamides is 1. The van der Waals surface area contributed by atoms with Gasteiger partial charge >= 0.3 is 5.97 Å². The highest BCUT2D eigenvalue weighted by molar-refractivity contribution is 7.89. The van der Waals surface area contributed by atoms with Gasteiger partial charge in [0.25, 0.3) is 5.91 Å². The maximum absolute atomic E-state index is 13.0. The molecule has 2 aromatic rings. The van der Waals surface area contributed by atoms with Gasteiger partial charge in [-0.25, -0.2) is 22.7 Å². The number of esters is 1. The number of anilines is 1. The Morgan fingerprint density at radius 1 is 1.25 bits per heavy atom. The average molecular weight is 431 g/mol. The third-order valence-electron chi connectivity index (χ3n) is 3.35. The number of halogens is 2. The molecule has 28 heavy (non-hydrogen) atoms. The molecule has 0 spiro atoms. The molecule has 0 aliphatic carbocycles. The number of ether oxygens (including phenoxy) is 2. The van der Waals surface area contributed by atoms with Crippen LogP contribution in [0.4, 0.5) is 10.1 Å². The zero-order chi connectivity index (χ0) is 20.9. The van der Waals surface area contributed by atoms with Crippen LogP contribution in [0.25, 0.3) is 0 Å². The number of nitrogens with one attached hydrogen (secondary N) is 1. The molecular formula is C17H16ClFN2O6S. The molecule has 0 saturated heterocycles. The fourth-order valence-electron chi connectivity index (χ4n) is 2.01. The number of primary sulfonamides is 1. The van der Waals surface area contributed by atoms with Crippen LogP contribution in [0.1, 0.15) is 6.92 Å². The van der Waals surface area contributed by atoms with E-state index in [2.05, 4.69) is 5.32 Å². The molecule has 1 atom stereocenters. The maximum Gasteiger partial charge on any atom is 0.344 e. The molecule has 0 aromatic heterocycles. The number of hydrogen-bond acceptors (Lipinski definition) is 6. The molecule has 3 N–H and O–H groups in total. The fraction of sp³-hybridized carbons (Fsp3) is 0.176. The van der Waals surface area contributed by atoms with Crippen LogP contribution in [0, 0.1) is 5.82 Å². The molecule has 8 nitrogen and oxygen atoms in total. The van der Waals surface area contributed by atoms with Crippen LogP contribution < -0.4 is 15.2 Å². The van der Waals surface area contributed by atoms with Crippen LogP contribution in [0.5, 0.6) is 5.75 Å².